The number of halogens is 2. The van der Waals surface area contributed by atoms with Crippen molar-refractivity contribution in [3.05, 3.63) is 53.2 Å². The summed E-state index contributed by atoms with van der Waals surface area (Å²) in [4.78, 5) is 20.0. The highest BCUT2D eigenvalue weighted by atomic mass is 19.1. The number of aromatic nitrogens is 3. The molecule has 6 nitrogen and oxygen atoms in total. The van der Waals surface area contributed by atoms with Crippen LogP contribution in [0.5, 0.6) is 0 Å². The molecule has 1 N–H and O–H groups in total. The molecule has 0 saturated carbocycles. The zero-order valence-electron chi connectivity index (χ0n) is 15.0. The van der Waals surface area contributed by atoms with Crippen molar-refractivity contribution in [2.45, 2.75) is 18.9 Å². The molecule has 3 heterocycles. The second-order valence-electron chi connectivity index (χ2n) is 6.88. The molecule has 1 aliphatic heterocycles. The number of anilines is 1. The van der Waals surface area contributed by atoms with Crippen LogP contribution in [0.2, 0.25) is 0 Å². The number of carbonyl (C=O) groups is 1. The van der Waals surface area contributed by atoms with E-state index in [-0.39, 0.29) is 11.9 Å². The van der Waals surface area contributed by atoms with Crippen molar-refractivity contribution in [1.29, 1.82) is 0 Å². The zero-order valence-corrected chi connectivity index (χ0v) is 15.0. The average molecular weight is 371 g/mol. The molecule has 0 radical (unpaired) electrons. The fourth-order valence-corrected chi connectivity index (χ4v) is 3.60. The van der Waals surface area contributed by atoms with Gasteiger partial charge in [-0.15, -0.1) is 0 Å². The van der Waals surface area contributed by atoms with Crippen LogP contribution in [0.25, 0.3) is 11.0 Å². The molecule has 1 aromatic carbocycles. The molecule has 1 aliphatic rings. The van der Waals surface area contributed by atoms with E-state index in [2.05, 4.69) is 15.2 Å². The van der Waals surface area contributed by atoms with Crippen molar-refractivity contribution >= 4 is 22.8 Å². The number of amides is 1. The molecule has 2 aromatic heterocycles. The van der Waals surface area contributed by atoms with E-state index < -0.39 is 11.6 Å². The number of H-pyrrole nitrogens is 1. The SMILES string of the molecule is CN(C)C(=O)c1cnc2[nH]nc(N3CCC[C@@H]3c3cc(F)ccc3F)c2c1. The number of pyridine rings is 1. The molecule has 0 spiro atoms. The summed E-state index contributed by atoms with van der Waals surface area (Å²) in [5.41, 5.74) is 1.31. The third-order valence-electron chi connectivity index (χ3n) is 4.89. The average Bonchev–Trinajstić information content (AvgIpc) is 3.28. The molecular weight excluding hydrogens is 352 g/mol. The minimum Gasteiger partial charge on any atom is -0.347 e. The first-order valence-corrected chi connectivity index (χ1v) is 8.73. The molecule has 0 bridgehead atoms. The van der Waals surface area contributed by atoms with Gasteiger partial charge in [-0.3, -0.25) is 9.89 Å². The molecule has 3 aromatic rings. The van der Waals surface area contributed by atoms with E-state index in [1.807, 2.05) is 4.90 Å². The van der Waals surface area contributed by atoms with Crippen molar-refractivity contribution in [2.75, 3.05) is 25.5 Å². The number of fused-ring (bicyclic) bond motifs is 1. The van der Waals surface area contributed by atoms with Crippen LogP contribution in [-0.2, 0) is 0 Å². The Balaban J connectivity index is 1.77. The van der Waals surface area contributed by atoms with E-state index in [1.165, 1.54) is 17.2 Å². The van der Waals surface area contributed by atoms with Gasteiger partial charge in [-0.25, -0.2) is 13.8 Å². The maximum absolute atomic E-state index is 14.3. The number of nitrogens with one attached hydrogen (secondary N) is 1. The normalized spacial score (nSPS) is 16.9. The summed E-state index contributed by atoms with van der Waals surface area (Å²) in [5.74, 6) is -0.469. The van der Waals surface area contributed by atoms with E-state index in [4.69, 9.17) is 0 Å². The number of nitrogens with zero attached hydrogens (tertiary/aromatic N) is 4. The van der Waals surface area contributed by atoms with Crippen LogP contribution < -0.4 is 4.90 Å². The monoisotopic (exact) mass is 371 g/mol. The lowest BCUT2D eigenvalue weighted by Gasteiger charge is -2.25. The van der Waals surface area contributed by atoms with Gasteiger partial charge in [0.1, 0.15) is 11.6 Å². The predicted octanol–water partition coefficient (Wildman–Crippen LogP) is 3.28. The molecule has 1 saturated heterocycles. The Labute approximate surface area is 154 Å². The van der Waals surface area contributed by atoms with Crippen LogP contribution in [0.3, 0.4) is 0 Å². The highest BCUT2D eigenvalue weighted by molar-refractivity contribution is 5.99. The fraction of sp³-hybridized carbons (Fsp3) is 0.316. The van der Waals surface area contributed by atoms with Crippen LogP contribution in [0.4, 0.5) is 14.6 Å². The Bertz CT molecular complexity index is 1020. The maximum atomic E-state index is 14.3. The Morgan fingerprint density at radius 2 is 2.11 bits per heavy atom. The topological polar surface area (TPSA) is 65.1 Å². The summed E-state index contributed by atoms with van der Waals surface area (Å²) in [6, 6.07) is 4.93. The number of carbonyl (C=O) groups excluding carboxylic acids is 1. The molecule has 1 amide bonds. The van der Waals surface area contributed by atoms with Gasteiger partial charge in [-0.05, 0) is 37.1 Å². The van der Waals surface area contributed by atoms with Crippen LogP contribution in [0.1, 0.15) is 34.8 Å². The van der Waals surface area contributed by atoms with E-state index in [0.717, 1.165) is 18.6 Å². The molecule has 27 heavy (non-hydrogen) atoms. The number of rotatable bonds is 3. The first-order chi connectivity index (χ1) is 13.0. The number of benzene rings is 1. The predicted molar refractivity (Wildman–Crippen MR) is 97.6 cm³/mol. The molecule has 1 atom stereocenters. The largest absolute Gasteiger partial charge is 0.347 e. The minimum atomic E-state index is -0.467. The van der Waals surface area contributed by atoms with E-state index in [1.54, 1.807) is 20.2 Å². The number of hydrogen-bond donors (Lipinski definition) is 1. The Morgan fingerprint density at radius 1 is 1.30 bits per heavy atom. The first kappa shape index (κ1) is 17.4. The van der Waals surface area contributed by atoms with E-state index >= 15 is 0 Å². The zero-order chi connectivity index (χ0) is 19.1. The molecule has 8 heteroatoms. The van der Waals surface area contributed by atoms with Gasteiger partial charge in [-0.2, -0.15) is 5.10 Å². The maximum Gasteiger partial charge on any atom is 0.254 e. The lowest BCUT2D eigenvalue weighted by molar-refractivity contribution is 0.0827. The molecule has 1 fully saturated rings. The third kappa shape index (κ3) is 3.01. The van der Waals surface area contributed by atoms with Crippen molar-refractivity contribution < 1.29 is 13.6 Å². The van der Waals surface area contributed by atoms with Crippen molar-refractivity contribution in [3.63, 3.8) is 0 Å². The fourth-order valence-electron chi connectivity index (χ4n) is 3.60. The van der Waals surface area contributed by atoms with Crippen molar-refractivity contribution in [1.82, 2.24) is 20.1 Å². The standard InChI is InChI=1S/C19H19F2N5O/c1-25(2)19(27)11-8-14-17(22-10-11)23-24-18(14)26-7-3-4-16(26)13-9-12(20)5-6-15(13)21/h5-6,8-10,16H,3-4,7H2,1-2H3,(H,22,23,24)/t16-/m1/s1. The number of aromatic amines is 1. The highest BCUT2D eigenvalue weighted by Crippen LogP contribution is 2.39. The number of hydrogen-bond acceptors (Lipinski definition) is 4. The van der Waals surface area contributed by atoms with Crippen LogP contribution in [-0.4, -0.2) is 46.6 Å². The van der Waals surface area contributed by atoms with Gasteiger partial charge < -0.3 is 9.80 Å². The van der Waals surface area contributed by atoms with Gasteiger partial charge in [-0.1, -0.05) is 0 Å². The summed E-state index contributed by atoms with van der Waals surface area (Å²) < 4.78 is 28.0. The first-order valence-electron chi connectivity index (χ1n) is 8.73. The quantitative estimate of drug-likeness (QED) is 0.767. The van der Waals surface area contributed by atoms with Crippen LogP contribution in [0.15, 0.2) is 30.5 Å². The van der Waals surface area contributed by atoms with Crippen LogP contribution in [0, 0.1) is 11.6 Å². The summed E-state index contributed by atoms with van der Waals surface area (Å²) in [6.07, 6.45) is 3.03. The summed E-state index contributed by atoms with van der Waals surface area (Å²) in [6.45, 7) is 0.659. The molecule has 0 aliphatic carbocycles. The van der Waals surface area contributed by atoms with Gasteiger partial charge in [0.15, 0.2) is 11.5 Å². The van der Waals surface area contributed by atoms with Crippen molar-refractivity contribution in [3.8, 4) is 0 Å². The molecular formula is C19H19F2N5O. The smallest absolute Gasteiger partial charge is 0.254 e. The van der Waals surface area contributed by atoms with E-state index in [0.29, 0.717) is 40.9 Å². The third-order valence-corrected chi connectivity index (χ3v) is 4.89. The Hall–Kier alpha value is -3.03. The molecule has 4 rings (SSSR count). The lowest BCUT2D eigenvalue weighted by Crippen LogP contribution is -2.24. The Kier molecular flexibility index (Phi) is 4.25. The molecule has 140 valence electrons. The highest BCUT2D eigenvalue weighted by Gasteiger charge is 2.31. The second-order valence-corrected chi connectivity index (χ2v) is 6.88. The summed E-state index contributed by atoms with van der Waals surface area (Å²) in [7, 11) is 3.35. The lowest BCUT2D eigenvalue weighted by atomic mass is 10.0. The summed E-state index contributed by atoms with van der Waals surface area (Å²) in [5, 5.41) is 7.90. The van der Waals surface area contributed by atoms with Gasteiger partial charge in [0.25, 0.3) is 5.91 Å². The second kappa shape index (κ2) is 6.61. The molecule has 0 unspecified atom stereocenters. The van der Waals surface area contributed by atoms with E-state index in [9.17, 15) is 13.6 Å². The van der Waals surface area contributed by atoms with Crippen LogP contribution >= 0.6 is 0 Å². The van der Waals surface area contributed by atoms with Gasteiger partial charge in [0.2, 0.25) is 0 Å². The van der Waals surface area contributed by atoms with Gasteiger partial charge >= 0.3 is 0 Å². The van der Waals surface area contributed by atoms with Gasteiger partial charge in [0, 0.05) is 32.4 Å². The summed E-state index contributed by atoms with van der Waals surface area (Å²) >= 11 is 0. The van der Waals surface area contributed by atoms with Crippen molar-refractivity contribution in [2.24, 2.45) is 0 Å². The minimum absolute atomic E-state index is 0.161. The Morgan fingerprint density at radius 3 is 2.89 bits per heavy atom. The van der Waals surface area contributed by atoms with Gasteiger partial charge in [0.05, 0.1) is 17.0 Å².